The molecule has 1 atom stereocenters. The third-order valence-electron chi connectivity index (χ3n) is 5.46. The molecule has 7 heteroatoms. The van der Waals surface area contributed by atoms with Gasteiger partial charge in [-0.3, -0.25) is 24.1 Å². The zero-order valence-electron chi connectivity index (χ0n) is 16.9. The molecular weight excluding hydrogens is 384 g/mol. The van der Waals surface area contributed by atoms with Crippen LogP contribution in [0.15, 0.2) is 42.5 Å². The highest BCUT2D eigenvalue weighted by Gasteiger charge is 2.37. The second kappa shape index (κ2) is 7.74. The molecule has 0 bridgehead atoms. The summed E-state index contributed by atoms with van der Waals surface area (Å²) in [5, 5.41) is 0. The van der Waals surface area contributed by atoms with Crippen molar-refractivity contribution in [2.24, 2.45) is 5.92 Å². The summed E-state index contributed by atoms with van der Waals surface area (Å²) in [7, 11) is 0. The van der Waals surface area contributed by atoms with Gasteiger partial charge in [-0.05, 0) is 43.2 Å². The summed E-state index contributed by atoms with van der Waals surface area (Å²) in [6.45, 7) is 4.14. The van der Waals surface area contributed by atoms with E-state index in [-0.39, 0.29) is 49.3 Å². The molecule has 0 aliphatic carbocycles. The Balaban J connectivity index is 1.48. The van der Waals surface area contributed by atoms with Crippen molar-refractivity contribution in [3.63, 3.8) is 0 Å². The lowest BCUT2D eigenvalue weighted by atomic mass is 10.1. The molecule has 154 valence electrons. The van der Waals surface area contributed by atoms with E-state index >= 15 is 0 Å². The molecule has 3 amide bonds. The number of benzene rings is 2. The van der Waals surface area contributed by atoms with Crippen molar-refractivity contribution in [1.82, 2.24) is 0 Å². The maximum absolute atomic E-state index is 12.7. The van der Waals surface area contributed by atoms with Crippen LogP contribution >= 0.6 is 0 Å². The molecule has 2 fully saturated rings. The first-order valence-electron chi connectivity index (χ1n) is 9.88. The van der Waals surface area contributed by atoms with E-state index in [1.807, 2.05) is 32.0 Å². The van der Waals surface area contributed by atoms with Crippen molar-refractivity contribution in [2.45, 2.75) is 33.1 Å². The predicted molar refractivity (Wildman–Crippen MR) is 110 cm³/mol. The molecule has 2 heterocycles. The van der Waals surface area contributed by atoms with E-state index in [9.17, 15) is 19.2 Å². The number of amides is 3. The van der Waals surface area contributed by atoms with Gasteiger partial charge in [-0.1, -0.05) is 18.2 Å². The maximum atomic E-state index is 12.7. The van der Waals surface area contributed by atoms with Crippen molar-refractivity contribution in [2.75, 3.05) is 16.3 Å². The topological polar surface area (TPSA) is 84.0 Å². The molecule has 2 aromatic carbocycles. The SMILES string of the molecule is Cc1ccc(C)c(N2C[C@@H](C(=O)Oc3cccc(N4C(=O)CCC4=O)c3)CC2=O)c1. The third kappa shape index (κ3) is 3.70. The van der Waals surface area contributed by atoms with E-state index in [0.717, 1.165) is 21.7 Å². The molecule has 0 N–H and O–H groups in total. The number of hydrogen-bond donors (Lipinski definition) is 0. The minimum Gasteiger partial charge on any atom is -0.426 e. The molecule has 0 saturated carbocycles. The van der Waals surface area contributed by atoms with Crippen LogP contribution in [0.2, 0.25) is 0 Å². The number of aryl methyl sites for hydroxylation is 2. The Morgan fingerprint density at radius 3 is 2.43 bits per heavy atom. The van der Waals surface area contributed by atoms with Gasteiger partial charge in [-0.25, -0.2) is 0 Å². The van der Waals surface area contributed by atoms with E-state index in [4.69, 9.17) is 4.74 Å². The first-order chi connectivity index (χ1) is 14.3. The van der Waals surface area contributed by atoms with Gasteiger partial charge in [0.15, 0.2) is 0 Å². The molecule has 2 aliphatic heterocycles. The highest BCUT2D eigenvalue weighted by atomic mass is 16.5. The Morgan fingerprint density at radius 2 is 1.70 bits per heavy atom. The lowest BCUT2D eigenvalue weighted by Crippen LogP contribution is -2.29. The summed E-state index contributed by atoms with van der Waals surface area (Å²) in [6.07, 6.45) is 0.442. The normalized spacial score (nSPS) is 19.0. The average molecular weight is 406 g/mol. The molecule has 2 saturated heterocycles. The largest absolute Gasteiger partial charge is 0.426 e. The Hall–Kier alpha value is -3.48. The fourth-order valence-corrected chi connectivity index (χ4v) is 3.86. The zero-order valence-corrected chi connectivity index (χ0v) is 16.9. The van der Waals surface area contributed by atoms with E-state index < -0.39 is 11.9 Å². The lowest BCUT2D eigenvalue weighted by molar-refractivity contribution is -0.139. The minimum absolute atomic E-state index is 0.0784. The Bertz CT molecular complexity index is 1050. The van der Waals surface area contributed by atoms with Crippen LogP contribution in [-0.2, 0) is 19.2 Å². The number of ether oxygens (including phenoxy) is 1. The first-order valence-corrected chi connectivity index (χ1v) is 9.88. The minimum atomic E-state index is -0.587. The van der Waals surface area contributed by atoms with Gasteiger partial charge in [0.2, 0.25) is 17.7 Å². The number of hydrogen-bond acceptors (Lipinski definition) is 5. The number of carbonyl (C=O) groups is 4. The molecule has 0 radical (unpaired) electrons. The number of nitrogens with zero attached hydrogens (tertiary/aromatic N) is 2. The van der Waals surface area contributed by atoms with Gasteiger partial charge < -0.3 is 9.64 Å². The van der Waals surface area contributed by atoms with Crippen LogP contribution in [0.5, 0.6) is 5.75 Å². The summed E-state index contributed by atoms with van der Waals surface area (Å²) in [4.78, 5) is 51.9. The molecule has 0 unspecified atom stereocenters. The smallest absolute Gasteiger partial charge is 0.316 e. The van der Waals surface area contributed by atoms with Crippen LogP contribution in [0.3, 0.4) is 0 Å². The summed E-state index contributed by atoms with van der Waals surface area (Å²) in [6, 6.07) is 12.2. The molecular formula is C23H22N2O5. The highest BCUT2D eigenvalue weighted by molar-refractivity contribution is 6.19. The fraction of sp³-hybridized carbons (Fsp3) is 0.304. The van der Waals surface area contributed by atoms with Gasteiger partial charge >= 0.3 is 5.97 Å². The fourth-order valence-electron chi connectivity index (χ4n) is 3.86. The quantitative estimate of drug-likeness (QED) is 0.443. The summed E-state index contributed by atoms with van der Waals surface area (Å²) in [5.41, 5.74) is 3.20. The van der Waals surface area contributed by atoms with Gasteiger partial charge in [0.1, 0.15) is 5.75 Å². The van der Waals surface area contributed by atoms with Crippen molar-refractivity contribution in [3.05, 3.63) is 53.6 Å². The summed E-state index contributed by atoms with van der Waals surface area (Å²) in [5.74, 6) is -1.51. The standard InChI is InChI=1S/C23H22N2O5/c1-14-6-7-15(2)19(10-14)24-13-16(11-22(24)28)23(29)30-18-5-3-4-17(12-18)25-20(26)8-9-21(25)27/h3-7,10,12,16H,8-9,11,13H2,1-2H3/t16-/m0/s1. The van der Waals surface area contributed by atoms with Crippen LogP contribution in [0.25, 0.3) is 0 Å². The number of anilines is 2. The first kappa shape index (κ1) is 19.8. The maximum Gasteiger partial charge on any atom is 0.316 e. The van der Waals surface area contributed by atoms with Crippen molar-refractivity contribution < 1.29 is 23.9 Å². The Labute approximate surface area is 174 Å². The lowest BCUT2D eigenvalue weighted by Gasteiger charge is -2.19. The van der Waals surface area contributed by atoms with Crippen molar-refractivity contribution in [3.8, 4) is 5.75 Å². The van der Waals surface area contributed by atoms with Gasteiger partial charge in [-0.15, -0.1) is 0 Å². The van der Waals surface area contributed by atoms with Gasteiger partial charge in [0, 0.05) is 37.6 Å². The molecule has 0 spiro atoms. The van der Waals surface area contributed by atoms with E-state index in [1.165, 1.54) is 6.07 Å². The van der Waals surface area contributed by atoms with Crippen LogP contribution < -0.4 is 14.5 Å². The predicted octanol–water partition coefficient (Wildman–Crippen LogP) is 2.92. The van der Waals surface area contributed by atoms with E-state index in [2.05, 4.69) is 0 Å². The Morgan fingerprint density at radius 1 is 0.967 bits per heavy atom. The Kier molecular flexibility index (Phi) is 5.11. The molecule has 4 rings (SSSR count). The number of imide groups is 1. The van der Waals surface area contributed by atoms with Gasteiger partial charge in [-0.2, -0.15) is 0 Å². The van der Waals surface area contributed by atoms with Gasteiger partial charge in [0.05, 0.1) is 11.6 Å². The number of carbonyl (C=O) groups excluding carboxylic acids is 4. The molecule has 30 heavy (non-hydrogen) atoms. The van der Waals surface area contributed by atoms with Crippen molar-refractivity contribution in [1.29, 1.82) is 0 Å². The molecule has 7 nitrogen and oxygen atoms in total. The summed E-state index contributed by atoms with van der Waals surface area (Å²) >= 11 is 0. The number of esters is 1. The zero-order chi connectivity index (χ0) is 21.4. The number of rotatable bonds is 4. The highest BCUT2D eigenvalue weighted by Crippen LogP contribution is 2.31. The average Bonchev–Trinajstić information content (AvgIpc) is 3.26. The van der Waals surface area contributed by atoms with E-state index in [1.54, 1.807) is 23.1 Å². The van der Waals surface area contributed by atoms with Gasteiger partial charge in [0.25, 0.3) is 0 Å². The molecule has 0 aromatic heterocycles. The monoisotopic (exact) mass is 406 g/mol. The molecule has 2 aromatic rings. The van der Waals surface area contributed by atoms with Crippen LogP contribution in [-0.4, -0.2) is 30.2 Å². The van der Waals surface area contributed by atoms with Crippen molar-refractivity contribution >= 4 is 35.1 Å². The van der Waals surface area contributed by atoms with E-state index in [0.29, 0.717) is 5.69 Å². The van der Waals surface area contributed by atoms with Crippen LogP contribution in [0, 0.1) is 19.8 Å². The second-order valence-corrected chi connectivity index (χ2v) is 7.74. The van der Waals surface area contributed by atoms with Crippen LogP contribution in [0.1, 0.15) is 30.4 Å². The van der Waals surface area contributed by atoms with Crippen LogP contribution in [0.4, 0.5) is 11.4 Å². The molecule has 2 aliphatic rings. The third-order valence-corrected chi connectivity index (χ3v) is 5.46. The second-order valence-electron chi connectivity index (χ2n) is 7.74. The summed E-state index contributed by atoms with van der Waals surface area (Å²) < 4.78 is 5.49.